The predicted molar refractivity (Wildman–Crippen MR) is 78.0 cm³/mol. The van der Waals surface area contributed by atoms with Crippen LogP contribution >= 0.6 is 116 Å². The molecule has 0 amide bonds. The Hall–Kier alpha value is 2.38. The van der Waals surface area contributed by atoms with E-state index in [9.17, 15) is 0 Å². The maximum Gasteiger partial charge on any atom is 0.227 e. The molecular formula is C6Cl10. The van der Waals surface area contributed by atoms with Crippen molar-refractivity contribution in [2.45, 2.75) is 7.59 Å². The molecule has 0 nitrogen and oxygen atoms in total. The van der Waals surface area contributed by atoms with E-state index in [-0.39, 0.29) is 20.1 Å². The minimum absolute atomic E-state index is 0.320. The highest BCUT2D eigenvalue weighted by atomic mass is 35.6. The largest absolute Gasteiger partial charge is 0.227 e. The SMILES string of the molecule is ClC(/C(Cl)=C(\Cl)C(Cl)(Cl)Cl)=C(/Cl)C(Cl)(Cl)Cl. The minimum atomic E-state index is -1.95. The summed E-state index contributed by atoms with van der Waals surface area (Å²) in [7, 11) is 0. The Morgan fingerprint density at radius 2 is 0.688 bits per heavy atom. The van der Waals surface area contributed by atoms with Gasteiger partial charge in [-0.25, -0.2) is 0 Å². The van der Waals surface area contributed by atoms with Gasteiger partial charge in [0.25, 0.3) is 0 Å². The Kier molecular flexibility index (Phi) is 7.70. The first-order valence-corrected chi connectivity index (χ1v) is 6.92. The maximum atomic E-state index is 5.71. The normalized spacial score (nSPS) is 16.9. The highest BCUT2D eigenvalue weighted by Crippen LogP contribution is 2.46. The van der Waals surface area contributed by atoms with Crippen molar-refractivity contribution in [1.82, 2.24) is 0 Å². The molecular weight excluding hydrogens is 427 g/mol. The van der Waals surface area contributed by atoms with Crippen molar-refractivity contribution >= 4 is 116 Å². The van der Waals surface area contributed by atoms with Crippen LogP contribution in [0.1, 0.15) is 0 Å². The quantitative estimate of drug-likeness (QED) is 0.310. The molecule has 0 aromatic heterocycles. The van der Waals surface area contributed by atoms with E-state index < -0.39 is 7.59 Å². The van der Waals surface area contributed by atoms with Gasteiger partial charge < -0.3 is 0 Å². The summed E-state index contributed by atoms with van der Waals surface area (Å²) >= 11 is 55.6. The summed E-state index contributed by atoms with van der Waals surface area (Å²) in [5, 5.41) is -1.37. The smallest absolute Gasteiger partial charge is 0.0828 e. The van der Waals surface area contributed by atoms with Crippen LogP contribution < -0.4 is 0 Å². The molecule has 0 aromatic carbocycles. The first kappa shape index (κ1) is 18.4. The lowest BCUT2D eigenvalue weighted by Gasteiger charge is -2.15. The lowest BCUT2D eigenvalue weighted by molar-refractivity contribution is 1.35. The van der Waals surface area contributed by atoms with Gasteiger partial charge in [-0.1, -0.05) is 116 Å². The van der Waals surface area contributed by atoms with Crippen molar-refractivity contribution in [2.75, 3.05) is 0 Å². The molecule has 0 heterocycles. The Morgan fingerprint density at radius 3 is 0.812 bits per heavy atom. The van der Waals surface area contributed by atoms with E-state index in [2.05, 4.69) is 0 Å². The second-order valence-electron chi connectivity index (χ2n) is 2.25. The van der Waals surface area contributed by atoms with Gasteiger partial charge in [-0.05, 0) is 0 Å². The van der Waals surface area contributed by atoms with Crippen LogP contribution in [0.3, 0.4) is 0 Å². The van der Waals surface area contributed by atoms with E-state index in [0.717, 1.165) is 0 Å². The average molecular weight is 427 g/mol. The molecule has 0 aliphatic rings. The van der Waals surface area contributed by atoms with E-state index in [4.69, 9.17) is 116 Å². The van der Waals surface area contributed by atoms with E-state index in [1.165, 1.54) is 0 Å². The molecule has 0 saturated heterocycles. The summed E-state index contributed by atoms with van der Waals surface area (Å²) in [6.07, 6.45) is 0. The van der Waals surface area contributed by atoms with Crippen LogP contribution in [-0.4, -0.2) is 7.59 Å². The van der Waals surface area contributed by atoms with E-state index in [1.54, 1.807) is 0 Å². The number of alkyl halides is 6. The zero-order valence-corrected chi connectivity index (χ0v) is 14.3. The second-order valence-corrected chi connectivity index (χ2v) is 8.33. The molecule has 0 unspecified atom stereocenters. The fraction of sp³-hybridized carbons (Fsp3) is 0.333. The van der Waals surface area contributed by atoms with Crippen molar-refractivity contribution in [3.8, 4) is 0 Å². The number of hydrogen-bond acceptors (Lipinski definition) is 0. The fourth-order valence-corrected chi connectivity index (χ4v) is 2.06. The summed E-state index contributed by atoms with van der Waals surface area (Å²) in [6.45, 7) is 0. The van der Waals surface area contributed by atoms with Crippen LogP contribution in [0.4, 0.5) is 0 Å². The molecule has 0 radical (unpaired) electrons. The van der Waals surface area contributed by atoms with E-state index >= 15 is 0 Å². The van der Waals surface area contributed by atoms with Gasteiger partial charge in [-0.15, -0.1) is 0 Å². The van der Waals surface area contributed by atoms with Gasteiger partial charge in [0.05, 0.1) is 20.1 Å². The van der Waals surface area contributed by atoms with Crippen molar-refractivity contribution in [1.29, 1.82) is 0 Å². The second kappa shape index (κ2) is 6.70. The lowest BCUT2D eigenvalue weighted by atomic mass is 10.4. The minimum Gasteiger partial charge on any atom is -0.0828 e. The zero-order valence-electron chi connectivity index (χ0n) is 6.78. The standard InChI is InChI=1S/C6Cl10/c7-1(3(9)5(11,12)13)2(8)4(10)6(14,15)16/b3-1+,4-2+. The summed E-state index contributed by atoms with van der Waals surface area (Å²) in [5.74, 6) is 0. The third-order valence-corrected chi connectivity index (χ3v) is 4.78. The van der Waals surface area contributed by atoms with Crippen LogP contribution in [0.2, 0.25) is 0 Å². The Morgan fingerprint density at radius 1 is 0.500 bits per heavy atom. The molecule has 0 bridgehead atoms. The molecule has 16 heavy (non-hydrogen) atoms. The monoisotopic (exact) mass is 422 g/mol. The molecule has 0 atom stereocenters. The topological polar surface area (TPSA) is 0 Å². The molecule has 94 valence electrons. The number of allylic oxidation sites excluding steroid dienone is 4. The summed E-state index contributed by atoms with van der Waals surface area (Å²) in [5.41, 5.74) is 0. The van der Waals surface area contributed by atoms with Crippen molar-refractivity contribution in [2.24, 2.45) is 0 Å². The molecule has 0 fully saturated rings. The van der Waals surface area contributed by atoms with Gasteiger partial charge >= 0.3 is 0 Å². The van der Waals surface area contributed by atoms with Crippen LogP contribution in [0.25, 0.3) is 0 Å². The molecule has 0 aliphatic carbocycles. The lowest BCUT2D eigenvalue weighted by Crippen LogP contribution is -2.07. The number of halogens is 10. The summed E-state index contributed by atoms with van der Waals surface area (Å²) < 4.78 is -3.91. The maximum absolute atomic E-state index is 5.71. The van der Waals surface area contributed by atoms with Gasteiger partial charge in [-0.3, -0.25) is 0 Å². The Bertz CT molecular complexity index is 292. The molecule has 0 aliphatic heterocycles. The van der Waals surface area contributed by atoms with Crippen LogP contribution in [0.15, 0.2) is 20.1 Å². The summed E-state index contributed by atoms with van der Waals surface area (Å²) in [6, 6.07) is 0. The first-order chi connectivity index (χ1) is 6.89. The first-order valence-electron chi connectivity index (χ1n) is 3.14. The number of rotatable bonds is 1. The van der Waals surface area contributed by atoms with Gasteiger partial charge in [-0.2, -0.15) is 0 Å². The number of hydrogen-bond donors (Lipinski definition) is 0. The molecule has 0 spiro atoms. The highest BCUT2D eigenvalue weighted by molar-refractivity contribution is 6.75. The summed E-state index contributed by atoms with van der Waals surface area (Å²) in [4.78, 5) is 0. The Labute approximate surface area is 142 Å². The highest BCUT2D eigenvalue weighted by Gasteiger charge is 2.33. The van der Waals surface area contributed by atoms with Crippen LogP contribution in [0, 0.1) is 0 Å². The van der Waals surface area contributed by atoms with Crippen molar-refractivity contribution < 1.29 is 0 Å². The van der Waals surface area contributed by atoms with Gasteiger partial charge in [0, 0.05) is 0 Å². The van der Waals surface area contributed by atoms with Gasteiger partial charge in [0.2, 0.25) is 7.59 Å². The Balaban J connectivity index is 5.55. The average Bonchev–Trinajstić information content (AvgIpc) is 2.10. The van der Waals surface area contributed by atoms with Crippen molar-refractivity contribution in [3.05, 3.63) is 20.1 Å². The third kappa shape index (κ3) is 5.57. The molecule has 0 aromatic rings. The molecule has 0 N–H and O–H groups in total. The van der Waals surface area contributed by atoms with Crippen LogP contribution in [-0.2, 0) is 0 Å². The van der Waals surface area contributed by atoms with Gasteiger partial charge in [0.1, 0.15) is 0 Å². The predicted octanol–water partition coefficient (Wildman–Crippen LogP) is 7.11. The zero-order chi connectivity index (χ0) is 13.3. The molecule has 10 heteroatoms. The molecule has 0 saturated carbocycles. The van der Waals surface area contributed by atoms with E-state index in [0.29, 0.717) is 0 Å². The van der Waals surface area contributed by atoms with Gasteiger partial charge in [0.15, 0.2) is 0 Å². The van der Waals surface area contributed by atoms with Crippen molar-refractivity contribution in [3.63, 3.8) is 0 Å². The van der Waals surface area contributed by atoms with E-state index in [1.807, 2.05) is 0 Å². The third-order valence-electron chi connectivity index (χ3n) is 1.08. The van der Waals surface area contributed by atoms with Crippen LogP contribution in [0.5, 0.6) is 0 Å². The fourth-order valence-electron chi connectivity index (χ4n) is 0.442. The molecule has 0 rings (SSSR count).